The smallest absolute Gasteiger partial charge is 0.341 e. The standard InChI is InChI=1S/C28H25FN4O4/c1-36-21-7-3-4-17(13-21)8-10-23-25(27(34)37-15-18-5-2-6-20(29)12-18)26(33-28(35)32-23)19-9-11-22-24(14-19)31-16-30-22/h2-7,9,11-14,16,25-26H,8,10,15H2,1H3,(H,30,31)(H,33,35). The van der Waals surface area contributed by atoms with Gasteiger partial charge in [-0.05, 0) is 65.9 Å². The highest BCUT2D eigenvalue weighted by molar-refractivity contribution is 6.09. The average Bonchev–Trinajstić information content (AvgIpc) is 3.38. The molecule has 2 unspecified atom stereocenters. The third-order valence-corrected chi connectivity index (χ3v) is 6.35. The van der Waals surface area contributed by atoms with Gasteiger partial charge in [-0.1, -0.05) is 30.3 Å². The number of esters is 1. The third-order valence-electron chi connectivity index (χ3n) is 6.35. The van der Waals surface area contributed by atoms with Crippen LogP contribution >= 0.6 is 0 Å². The van der Waals surface area contributed by atoms with Crippen molar-refractivity contribution < 1.29 is 23.5 Å². The molecule has 5 rings (SSSR count). The van der Waals surface area contributed by atoms with E-state index in [1.807, 2.05) is 42.5 Å². The van der Waals surface area contributed by atoms with Gasteiger partial charge in [-0.3, -0.25) is 4.79 Å². The van der Waals surface area contributed by atoms with Gasteiger partial charge in [0.2, 0.25) is 0 Å². The van der Waals surface area contributed by atoms with Crippen molar-refractivity contribution in [2.45, 2.75) is 25.5 Å². The minimum atomic E-state index is -0.864. The van der Waals surface area contributed by atoms with Gasteiger partial charge in [0.05, 0.1) is 30.5 Å². The van der Waals surface area contributed by atoms with Crippen LogP contribution < -0.4 is 10.1 Å². The second kappa shape index (κ2) is 10.6. The number of hydrogen-bond acceptors (Lipinski definition) is 5. The molecule has 9 heteroatoms. The van der Waals surface area contributed by atoms with Crippen LogP contribution in [-0.4, -0.2) is 34.8 Å². The highest BCUT2D eigenvalue weighted by Gasteiger charge is 2.39. The van der Waals surface area contributed by atoms with Crippen LogP contribution in [0.15, 0.2) is 78.0 Å². The molecular weight excluding hydrogens is 475 g/mol. The van der Waals surface area contributed by atoms with Crippen LogP contribution in [0.4, 0.5) is 9.18 Å². The Bertz CT molecular complexity index is 1480. The van der Waals surface area contributed by atoms with Crippen LogP contribution in [0.5, 0.6) is 5.75 Å². The molecule has 2 atom stereocenters. The van der Waals surface area contributed by atoms with E-state index in [-0.39, 0.29) is 6.61 Å². The summed E-state index contributed by atoms with van der Waals surface area (Å²) in [6, 6.07) is 17.8. The predicted octanol–water partition coefficient (Wildman–Crippen LogP) is 4.91. The number of ether oxygens (including phenoxy) is 2. The maximum absolute atomic E-state index is 13.6. The number of imidazole rings is 1. The number of benzene rings is 3. The largest absolute Gasteiger partial charge is 0.497 e. The molecule has 188 valence electrons. The summed E-state index contributed by atoms with van der Waals surface area (Å²) < 4.78 is 24.6. The van der Waals surface area contributed by atoms with Gasteiger partial charge >= 0.3 is 12.0 Å². The summed E-state index contributed by atoms with van der Waals surface area (Å²) in [5.41, 5.74) is 4.19. The second-order valence-corrected chi connectivity index (χ2v) is 8.78. The van der Waals surface area contributed by atoms with E-state index < -0.39 is 29.8 Å². The van der Waals surface area contributed by atoms with Crippen molar-refractivity contribution in [2.24, 2.45) is 10.9 Å². The van der Waals surface area contributed by atoms with Crippen LogP contribution in [-0.2, 0) is 22.6 Å². The first-order chi connectivity index (χ1) is 18.0. The fraction of sp³-hybridized carbons (Fsp3) is 0.214. The lowest BCUT2D eigenvalue weighted by atomic mass is 9.85. The summed E-state index contributed by atoms with van der Waals surface area (Å²) in [6.45, 7) is -0.101. The molecule has 0 saturated carbocycles. The number of carbonyl (C=O) groups is 2. The zero-order chi connectivity index (χ0) is 25.8. The maximum atomic E-state index is 13.6. The molecule has 0 bridgehead atoms. The zero-order valence-corrected chi connectivity index (χ0v) is 20.1. The Kier molecular flexibility index (Phi) is 6.93. The number of aryl methyl sites for hydroxylation is 1. The minimum absolute atomic E-state index is 0.101. The number of nitrogens with zero attached hydrogens (tertiary/aromatic N) is 2. The van der Waals surface area contributed by atoms with E-state index in [1.54, 1.807) is 25.6 Å². The SMILES string of the molecule is COc1cccc(CCC2=NC(=O)NC(c3ccc4nc[nH]c4c3)C2C(=O)OCc2cccc(F)c2)c1. The first-order valence-electron chi connectivity index (χ1n) is 11.8. The molecule has 4 aromatic rings. The first-order valence-corrected chi connectivity index (χ1v) is 11.8. The Morgan fingerprint density at radius 3 is 2.70 bits per heavy atom. The molecule has 8 nitrogen and oxygen atoms in total. The Morgan fingerprint density at radius 2 is 1.86 bits per heavy atom. The first kappa shape index (κ1) is 24.2. The Balaban J connectivity index is 1.44. The van der Waals surface area contributed by atoms with Crippen molar-refractivity contribution in [1.82, 2.24) is 15.3 Å². The van der Waals surface area contributed by atoms with Crippen LogP contribution in [0.25, 0.3) is 11.0 Å². The molecule has 1 aliphatic rings. The molecule has 0 spiro atoms. The van der Waals surface area contributed by atoms with Crippen LogP contribution in [0.1, 0.15) is 29.2 Å². The van der Waals surface area contributed by atoms with E-state index in [0.717, 1.165) is 22.3 Å². The van der Waals surface area contributed by atoms with E-state index in [0.29, 0.717) is 29.7 Å². The lowest BCUT2D eigenvalue weighted by molar-refractivity contribution is -0.148. The highest BCUT2D eigenvalue weighted by Crippen LogP contribution is 2.31. The molecule has 2 amide bonds. The number of urea groups is 1. The highest BCUT2D eigenvalue weighted by atomic mass is 19.1. The maximum Gasteiger partial charge on any atom is 0.341 e. The summed E-state index contributed by atoms with van der Waals surface area (Å²) in [7, 11) is 1.60. The predicted molar refractivity (Wildman–Crippen MR) is 136 cm³/mol. The van der Waals surface area contributed by atoms with Gasteiger partial charge in [-0.15, -0.1) is 0 Å². The van der Waals surface area contributed by atoms with E-state index in [4.69, 9.17) is 9.47 Å². The molecular formula is C28H25FN4O4. The normalized spacial score (nSPS) is 17.2. The van der Waals surface area contributed by atoms with Gasteiger partial charge in [0, 0.05) is 5.71 Å². The van der Waals surface area contributed by atoms with Gasteiger partial charge in [-0.2, -0.15) is 0 Å². The molecule has 1 aliphatic heterocycles. The number of aromatic amines is 1. The van der Waals surface area contributed by atoms with Crippen molar-refractivity contribution in [3.63, 3.8) is 0 Å². The molecule has 37 heavy (non-hydrogen) atoms. The van der Waals surface area contributed by atoms with Gasteiger partial charge in [0.15, 0.2) is 0 Å². The van der Waals surface area contributed by atoms with Crippen LogP contribution in [0.3, 0.4) is 0 Å². The molecule has 2 N–H and O–H groups in total. The van der Waals surface area contributed by atoms with E-state index in [2.05, 4.69) is 20.3 Å². The summed E-state index contributed by atoms with van der Waals surface area (Å²) in [5, 5.41) is 2.83. The number of nitrogens with one attached hydrogen (secondary N) is 2. The number of H-pyrrole nitrogens is 1. The van der Waals surface area contributed by atoms with Gasteiger partial charge in [0.1, 0.15) is 24.1 Å². The monoisotopic (exact) mass is 500 g/mol. The number of aromatic nitrogens is 2. The quantitative estimate of drug-likeness (QED) is 0.335. The number of aliphatic imine (C=N–C) groups is 1. The summed E-state index contributed by atoms with van der Waals surface area (Å²) in [4.78, 5) is 37.6. The van der Waals surface area contributed by atoms with Crippen molar-refractivity contribution in [3.05, 3.63) is 95.6 Å². The fourth-order valence-corrected chi connectivity index (χ4v) is 4.52. The third kappa shape index (κ3) is 5.50. The molecule has 1 aromatic heterocycles. The molecule has 0 saturated heterocycles. The van der Waals surface area contributed by atoms with Crippen molar-refractivity contribution in [1.29, 1.82) is 0 Å². The van der Waals surface area contributed by atoms with Crippen LogP contribution in [0.2, 0.25) is 0 Å². The number of carbonyl (C=O) groups excluding carboxylic acids is 2. The Morgan fingerprint density at radius 1 is 1.03 bits per heavy atom. The fourth-order valence-electron chi connectivity index (χ4n) is 4.52. The van der Waals surface area contributed by atoms with E-state index in [1.165, 1.54) is 12.1 Å². The molecule has 0 aliphatic carbocycles. The number of fused-ring (bicyclic) bond motifs is 1. The van der Waals surface area contributed by atoms with Crippen LogP contribution in [0, 0.1) is 11.7 Å². The molecule has 0 fully saturated rings. The number of amides is 2. The lowest BCUT2D eigenvalue weighted by Gasteiger charge is -2.31. The number of hydrogen-bond donors (Lipinski definition) is 2. The molecule has 3 aromatic carbocycles. The number of methoxy groups -OCH3 is 1. The van der Waals surface area contributed by atoms with Gasteiger partial charge < -0.3 is 19.8 Å². The number of halogens is 1. The van der Waals surface area contributed by atoms with Crippen molar-refractivity contribution >= 4 is 28.7 Å². The summed E-state index contributed by atoms with van der Waals surface area (Å²) in [5.74, 6) is -1.11. The van der Waals surface area contributed by atoms with Gasteiger partial charge in [-0.25, -0.2) is 19.2 Å². The number of rotatable bonds is 8. The topological polar surface area (TPSA) is 106 Å². The molecule has 2 heterocycles. The van der Waals surface area contributed by atoms with Gasteiger partial charge in [0.25, 0.3) is 0 Å². The Labute approximate surface area is 212 Å². The minimum Gasteiger partial charge on any atom is -0.497 e. The Hall–Kier alpha value is -4.53. The summed E-state index contributed by atoms with van der Waals surface area (Å²) in [6.07, 6.45) is 2.49. The lowest BCUT2D eigenvalue weighted by Crippen LogP contribution is -2.45. The molecule has 0 radical (unpaired) electrons. The van der Waals surface area contributed by atoms with Crippen molar-refractivity contribution in [3.8, 4) is 5.75 Å². The second-order valence-electron chi connectivity index (χ2n) is 8.78. The average molecular weight is 501 g/mol. The van der Waals surface area contributed by atoms with E-state index >= 15 is 0 Å². The van der Waals surface area contributed by atoms with Crippen molar-refractivity contribution in [2.75, 3.05) is 7.11 Å². The zero-order valence-electron chi connectivity index (χ0n) is 20.1. The van der Waals surface area contributed by atoms with E-state index in [9.17, 15) is 14.0 Å². The summed E-state index contributed by atoms with van der Waals surface area (Å²) >= 11 is 0.